The fourth-order valence-corrected chi connectivity index (χ4v) is 2.18. The van der Waals surface area contributed by atoms with Gasteiger partial charge < -0.3 is 4.98 Å². The largest absolute Gasteiger partial charge is 0.329 e. The molecule has 0 aliphatic heterocycles. The molecule has 0 amide bonds. The number of aromatic nitrogens is 3. The lowest BCUT2D eigenvalue weighted by atomic mass is 10.2. The number of rotatable bonds is 1. The Hall–Kier alpha value is -2.15. The van der Waals surface area contributed by atoms with Crippen molar-refractivity contribution >= 4 is 23.4 Å². The first-order valence-electron chi connectivity index (χ1n) is 5.28. The number of hydrogen-bond donors (Lipinski definition) is 1. The molecule has 19 heavy (non-hydrogen) atoms. The number of benzene rings is 1. The predicted molar refractivity (Wildman–Crippen MR) is 66.1 cm³/mol. The summed E-state index contributed by atoms with van der Waals surface area (Å²) in [6, 6.07) is 4.53. The second-order valence-electron chi connectivity index (χ2n) is 3.86. The smallest absolute Gasteiger partial charge is 0.184 e. The Morgan fingerprint density at radius 2 is 1.84 bits per heavy atom. The van der Waals surface area contributed by atoms with Crippen molar-refractivity contribution in [2.75, 3.05) is 0 Å². The maximum absolute atomic E-state index is 13.8. The minimum absolute atomic E-state index is 0.0816. The Morgan fingerprint density at radius 1 is 1.16 bits per heavy atom. The van der Waals surface area contributed by atoms with Gasteiger partial charge in [-0.15, -0.1) is 0 Å². The molecule has 2 heterocycles. The standard InChI is InChI=1S/C12H6F3N3S/c13-6-4-7(14)10(8(15)5-6)18-11-9(17-12(18)19)2-1-3-16-11/h1-5H,(H,17,19). The number of H-pyrrole nitrogens is 1. The molecule has 1 aromatic carbocycles. The summed E-state index contributed by atoms with van der Waals surface area (Å²) >= 11 is 5.03. The topological polar surface area (TPSA) is 33.6 Å². The normalized spacial score (nSPS) is 11.1. The van der Waals surface area contributed by atoms with Gasteiger partial charge in [0.05, 0.1) is 5.52 Å². The van der Waals surface area contributed by atoms with Crippen molar-refractivity contribution < 1.29 is 13.2 Å². The molecule has 0 aliphatic rings. The number of nitrogens with zero attached hydrogens (tertiary/aromatic N) is 2. The molecule has 1 N–H and O–H groups in total. The van der Waals surface area contributed by atoms with Gasteiger partial charge in [0.2, 0.25) is 0 Å². The molecule has 7 heteroatoms. The van der Waals surface area contributed by atoms with E-state index in [-0.39, 0.29) is 10.4 Å². The molecular formula is C12H6F3N3S. The first-order valence-corrected chi connectivity index (χ1v) is 5.69. The Labute approximate surface area is 110 Å². The summed E-state index contributed by atoms with van der Waals surface area (Å²) in [4.78, 5) is 6.80. The van der Waals surface area contributed by atoms with Crippen molar-refractivity contribution in [3.8, 4) is 5.69 Å². The van der Waals surface area contributed by atoms with Gasteiger partial charge in [-0.3, -0.25) is 4.57 Å². The highest BCUT2D eigenvalue weighted by atomic mass is 32.1. The molecule has 3 rings (SSSR count). The van der Waals surface area contributed by atoms with E-state index in [2.05, 4.69) is 9.97 Å². The predicted octanol–water partition coefficient (Wildman–Crippen LogP) is 3.50. The van der Waals surface area contributed by atoms with E-state index in [4.69, 9.17) is 12.2 Å². The Bertz CT molecular complexity index is 815. The molecule has 3 aromatic rings. The van der Waals surface area contributed by atoms with Crippen molar-refractivity contribution in [2.24, 2.45) is 0 Å². The van der Waals surface area contributed by atoms with Crippen LogP contribution in [0.25, 0.3) is 16.9 Å². The third-order valence-electron chi connectivity index (χ3n) is 2.65. The zero-order chi connectivity index (χ0) is 13.6. The summed E-state index contributed by atoms with van der Waals surface area (Å²) in [6.07, 6.45) is 1.47. The number of imidazole rings is 1. The second-order valence-corrected chi connectivity index (χ2v) is 4.24. The van der Waals surface area contributed by atoms with Gasteiger partial charge in [0.1, 0.15) is 11.5 Å². The molecule has 0 aliphatic carbocycles. The van der Waals surface area contributed by atoms with Crippen LogP contribution in [-0.2, 0) is 0 Å². The van der Waals surface area contributed by atoms with Crippen LogP contribution in [0.5, 0.6) is 0 Å². The van der Waals surface area contributed by atoms with Gasteiger partial charge in [0, 0.05) is 18.3 Å². The quantitative estimate of drug-likeness (QED) is 0.693. The maximum atomic E-state index is 13.8. The molecule has 2 aromatic heterocycles. The summed E-state index contributed by atoms with van der Waals surface area (Å²) < 4.78 is 41.7. The number of aromatic amines is 1. The summed E-state index contributed by atoms with van der Waals surface area (Å²) in [7, 11) is 0. The first-order chi connectivity index (χ1) is 9.08. The van der Waals surface area contributed by atoms with Gasteiger partial charge >= 0.3 is 0 Å². The molecule has 0 saturated carbocycles. The number of halogens is 3. The van der Waals surface area contributed by atoms with E-state index in [0.29, 0.717) is 17.6 Å². The number of nitrogens with one attached hydrogen (secondary N) is 1. The highest BCUT2D eigenvalue weighted by Crippen LogP contribution is 2.23. The van der Waals surface area contributed by atoms with Crippen LogP contribution in [0.4, 0.5) is 13.2 Å². The van der Waals surface area contributed by atoms with E-state index < -0.39 is 23.1 Å². The molecule has 96 valence electrons. The molecule has 3 nitrogen and oxygen atoms in total. The van der Waals surface area contributed by atoms with Crippen LogP contribution in [0.1, 0.15) is 0 Å². The minimum atomic E-state index is -1.04. The summed E-state index contributed by atoms with van der Waals surface area (Å²) in [6.45, 7) is 0. The highest BCUT2D eigenvalue weighted by Gasteiger charge is 2.17. The van der Waals surface area contributed by atoms with Crippen LogP contribution < -0.4 is 0 Å². The average molecular weight is 281 g/mol. The van der Waals surface area contributed by atoms with Gasteiger partial charge in [-0.2, -0.15) is 0 Å². The molecule has 0 radical (unpaired) electrons. The molecule has 0 atom stereocenters. The van der Waals surface area contributed by atoms with E-state index >= 15 is 0 Å². The first kappa shape index (κ1) is 11.9. The van der Waals surface area contributed by atoms with Gasteiger partial charge in [0.15, 0.2) is 22.1 Å². The van der Waals surface area contributed by atoms with E-state index in [1.807, 2.05) is 0 Å². The fourth-order valence-electron chi connectivity index (χ4n) is 1.90. The number of fused-ring (bicyclic) bond motifs is 1. The summed E-state index contributed by atoms with van der Waals surface area (Å²) in [5, 5.41) is 0. The monoisotopic (exact) mass is 281 g/mol. The zero-order valence-electron chi connectivity index (χ0n) is 9.32. The van der Waals surface area contributed by atoms with E-state index in [0.717, 1.165) is 4.57 Å². The number of pyridine rings is 1. The molecular weight excluding hydrogens is 275 g/mol. The van der Waals surface area contributed by atoms with Crippen molar-refractivity contribution in [1.82, 2.24) is 14.5 Å². The van der Waals surface area contributed by atoms with E-state index in [1.165, 1.54) is 6.20 Å². The van der Waals surface area contributed by atoms with Crippen LogP contribution in [0, 0.1) is 22.2 Å². The molecule has 0 spiro atoms. The lowest BCUT2D eigenvalue weighted by molar-refractivity contribution is 0.534. The molecule has 0 bridgehead atoms. The van der Waals surface area contributed by atoms with Crippen molar-refractivity contribution in [2.45, 2.75) is 0 Å². The van der Waals surface area contributed by atoms with Crippen LogP contribution >= 0.6 is 12.2 Å². The third-order valence-corrected chi connectivity index (χ3v) is 2.93. The zero-order valence-corrected chi connectivity index (χ0v) is 10.1. The fraction of sp³-hybridized carbons (Fsp3) is 0. The maximum Gasteiger partial charge on any atom is 0.184 e. The molecule has 0 fully saturated rings. The van der Waals surface area contributed by atoms with Gasteiger partial charge in [-0.05, 0) is 24.4 Å². The van der Waals surface area contributed by atoms with E-state index in [1.54, 1.807) is 12.1 Å². The lowest BCUT2D eigenvalue weighted by Gasteiger charge is -2.06. The van der Waals surface area contributed by atoms with Gasteiger partial charge in [0.25, 0.3) is 0 Å². The van der Waals surface area contributed by atoms with E-state index in [9.17, 15) is 13.2 Å². The SMILES string of the molecule is Fc1cc(F)c(-n2c(=S)[nH]c3cccnc32)c(F)c1. The van der Waals surface area contributed by atoms with Gasteiger partial charge in [-0.1, -0.05) is 0 Å². The Balaban J connectivity index is 2.43. The average Bonchev–Trinajstić information content (AvgIpc) is 2.65. The summed E-state index contributed by atoms with van der Waals surface area (Å²) in [5.41, 5.74) is 0.365. The van der Waals surface area contributed by atoms with Crippen LogP contribution in [-0.4, -0.2) is 14.5 Å². The van der Waals surface area contributed by atoms with Crippen LogP contribution in [0.2, 0.25) is 0 Å². The second kappa shape index (κ2) is 4.20. The Morgan fingerprint density at radius 3 is 2.53 bits per heavy atom. The van der Waals surface area contributed by atoms with Crippen LogP contribution in [0.15, 0.2) is 30.5 Å². The minimum Gasteiger partial charge on any atom is -0.329 e. The van der Waals surface area contributed by atoms with Crippen molar-refractivity contribution in [3.05, 3.63) is 52.7 Å². The van der Waals surface area contributed by atoms with Crippen molar-refractivity contribution in [3.63, 3.8) is 0 Å². The summed E-state index contributed by atoms with van der Waals surface area (Å²) in [5.74, 6) is -3.07. The molecule has 0 saturated heterocycles. The van der Waals surface area contributed by atoms with Crippen LogP contribution in [0.3, 0.4) is 0 Å². The highest BCUT2D eigenvalue weighted by molar-refractivity contribution is 7.71. The number of hydrogen-bond acceptors (Lipinski definition) is 2. The van der Waals surface area contributed by atoms with Crippen molar-refractivity contribution in [1.29, 1.82) is 0 Å². The third kappa shape index (κ3) is 1.82. The molecule has 0 unspecified atom stereocenters. The van der Waals surface area contributed by atoms with Gasteiger partial charge in [-0.25, -0.2) is 18.2 Å². The Kier molecular flexibility index (Phi) is 2.63. The lowest BCUT2D eigenvalue weighted by Crippen LogP contribution is -2.03.